The maximum Gasteiger partial charge on any atom is 0.330 e. The molecule has 28 heavy (non-hydrogen) atoms. The number of hydrogen-bond acceptors (Lipinski definition) is 6. The summed E-state index contributed by atoms with van der Waals surface area (Å²) < 4.78 is 0. The van der Waals surface area contributed by atoms with Gasteiger partial charge in [-0.25, -0.2) is 9.97 Å². The molecule has 8 heteroatoms. The fraction of sp³-hybridized carbons (Fsp3) is 0.300. The number of fused-ring (bicyclic) bond motifs is 1. The molecule has 1 aliphatic heterocycles. The number of nitrogens with one attached hydrogen (secondary N) is 1. The van der Waals surface area contributed by atoms with Gasteiger partial charge in [0.15, 0.2) is 5.65 Å². The molecule has 1 saturated heterocycles. The Morgan fingerprint density at radius 2 is 1.96 bits per heavy atom. The van der Waals surface area contributed by atoms with Crippen LogP contribution in [0.25, 0.3) is 11.0 Å². The number of halogens is 1. The van der Waals surface area contributed by atoms with Crippen LogP contribution in [0.1, 0.15) is 24.0 Å². The molecule has 7 nitrogen and oxygen atoms in total. The molecule has 1 fully saturated rings. The van der Waals surface area contributed by atoms with E-state index in [1.807, 2.05) is 12.1 Å². The maximum atomic E-state index is 11.6. The summed E-state index contributed by atoms with van der Waals surface area (Å²) in [5.74, 6) is 0. The zero-order chi connectivity index (χ0) is 19.5. The molecule has 0 spiro atoms. The van der Waals surface area contributed by atoms with E-state index in [0.717, 1.165) is 25.2 Å². The normalized spacial score (nSPS) is 14.5. The quantitative estimate of drug-likeness (QED) is 0.377. The van der Waals surface area contributed by atoms with Crippen molar-refractivity contribution in [2.24, 2.45) is 0 Å². The van der Waals surface area contributed by atoms with Crippen LogP contribution in [-0.2, 0) is 13.1 Å². The Bertz CT molecular complexity index is 1020. The average Bonchev–Trinajstić information content (AvgIpc) is 3.18. The van der Waals surface area contributed by atoms with Gasteiger partial charge < -0.3 is 5.32 Å². The van der Waals surface area contributed by atoms with Gasteiger partial charge >= 0.3 is 5.69 Å². The highest BCUT2D eigenvalue weighted by Crippen LogP contribution is 2.36. The predicted octanol–water partition coefficient (Wildman–Crippen LogP) is 4.40. The number of aromatic nitrogens is 2. The number of hydrogen-bond donors (Lipinski definition) is 1. The summed E-state index contributed by atoms with van der Waals surface area (Å²) in [4.78, 5) is 21.7. The Morgan fingerprint density at radius 1 is 1.18 bits per heavy atom. The lowest BCUT2D eigenvalue weighted by atomic mass is 10.1. The van der Waals surface area contributed by atoms with Crippen molar-refractivity contribution >= 4 is 34.0 Å². The van der Waals surface area contributed by atoms with Crippen molar-refractivity contribution in [1.29, 1.82) is 0 Å². The van der Waals surface area contributed by atoms with Crippen LogP contribution in [0, 0.1) is 10.1 Å². The van der Waals surface area contributed by atoms with Crippen LogP contribution in [0.15, 0.2) is 42.6 Å². The second kappa shape index (κ2) is 8.08. The Kier molecular flexibility index (Phi) is 5.36. The molecular formula is C20H20ClN5O2. The lowest BCUT2D eigenvalue weighted by Crippen LogP contribution is -2.18. The average molecular weight is 398 g/mol. The number of anilines is 1. The molecule has 3 heterocycles. The van der Waals surface area contributed by atoms with Crippen LogP contribution in [-0.4, -0.2) is 32.9 Å². The Balaban J connectivity index is 1.60. The van der Waals surface area contributed by atoms with E-state index in [0.29, 0.717) is 23.3 Å². The third-order valence-corrected chi connectivity index (χ3v) is 5.20. The molecule has 4 rings (SSSR count). The number of nitro groups is 1. The lowest BCUT2D eigenvalue weighted by Gasteiger charge is -2.15. The van der Waals surface area contributed by atoms with E-state index in [-0.39, 0.29) is 10.8 Å². The first-order chi connectivity index (χ1) is 13.6. The summed E-state index contributed by atoms with van der Waals surface area (Å²) in [6.45, 7) is 3.66. The number of rotatable bonds is 6. The van der Waals surface area contributed by atoms with Gasteiger partial charge in [-0.3, -0.25) is 15.0 Å². The fourth-order valence-corrected chi connectivity index (χ4v) is 3.87. The van der Waals surface area contributed by atoms with E-state index in [4.69, 9.17) is 11.6 Å². The molecule has 0 bridgehead atoms. The summed E-state index contributed by atoms with van der Waals surface area (Å²) in [5, 5.41) is 15.2. The first-order valence-corrected chi connectivity index (χ1v) is 9.62. The summed E-state index contributed by atoms with van der Waals surface area (Å²) >= 11 is 6.07. The van der Waals surface area contributed by atoms with Gasteiger partial charge in [0, 0.05) is 24.7 Å². The number of nitrogens with zero attached hydrogens (tertiary/aromatic N) is 4. The SMILES string of the molecule is O=[N+]([O-])c1c(Cl)nc2ncccc2c1NCc1cccc(CN2CCCC2)c1. The molecule has 1 N–H and O–H groups in total. The summed E-state index contributed by atoms with van der Waals surface area (Å²) in [6.07, 6.45) is 4.10. The highest BCUT2D eigenvalue weighted by atomic mass is 35.5. The van der Waals surface area contributed by atoms with E-state index in [1.165, 1.54) is 18.4 Å². The molecule has 1 aliphatic rings. The van der Waals surface area contributed by atoms with Crippen LogP contribution in [0.2, 0.25) is 5.15 Å². The van der Waals surface area contributed by atoms with Crippen LogP contribution in [0.3, 0.4) is 0 Å². The first-order valence-electron chi connectivity index (χ1n) is 9.24. The highest BCUT2D eigenvalue weighted by molar-refractivity contribution is 6.33. The fourth-order valence-electron chi connectivity index (χ4n) is 3.63. The first kappa shape index (κ1) is 18.6. The summed E-state index contributed by atoms with van der Waals surface area (Å²) in [6, 6.07) is 11.8. The molecule has 2 aromatic heterocycles. The summed E-state index contributed by atoms with van der Waals surface area (Å²) in [7, 11) is 0. The standard InChI is InChI=1S/C20H20ClN5O2/c21-19-18(26(27)28)17(16-7-4-8-22-20(16)24-19)23-12-14-5-3-6-15(11-14)13-25-9-1-2-10-25/h3-8,11H,1-2,9-10,12-13H2,(H,22,23,24). The van der Waals surface area contributed by atoms with Crippen LogP contribution in [0.5, 0.6) is 0 Å². The molecule has 0 radical (unpaired) electrons. The Labute approximate surface area is 167 Å². The van der Waals surface area contributed by atoms with Gasteiger partial charge in [-0.2, -0.15) is 0 Å². The van der Waals surface area contributed by atoms with Crippen molar-refractivity contribution in [2.45, 2.75) is 25.9 Å². The molecule has 0 saturated carbocycles. The zero-order valence-electron chi connectivity index (χ0n) is 15.3. The Hall–Kier alpha value is -2.77. The van der Waals surface area contributed by atoms with Crippen molar-refractivity contribution in [1.82, 2.24) is 14.9 Å². The van der Waals surface area contributed by atoms with Gasteiger partial charge in [0.1, 0.15) is 5.69 Å². The van der Waals surface area contributed by atoms with E-state index >= 15 is 0 Å². The zero-order valence-corrected chi connectivity index (χ0v) is 16.0. The third kappa shape index (κ3) is 3.90. The minimum Gasteiger partial charge on any atom is -0.375 e. The number of benzene rings is 1. The number of likely N-dealkylation sites (tertiary alicyclic amines) is 1. The number of pyridine rings is 2. The molecule has 3 aromatic rings. The van der Waals surface area contributed by atoms with E-state index in [1.54, 1.807) is 18.3 Å². The van der Waals surface area contributed by atoms with Crippen LogP contribution >= 0.6 is 11.6 Å². The highest BCUT2D eigenvalue weighted by Gasteiger charge is 2.24. The Morgan fingerprint density at radius 3 is 2.75 bits per heavy atom. The molecule has 0 atom stereocenters. The smallest absolute Gasteiger partial charge is 0.330 e. The van der Waals surface area contributed by atoms with Gasteiger partial charge in [0.05, 0.1) is 4.92 Å². The molecule has 1 aromatic carbocycles. The minimum absolute atomic E-state index is 0.165. The van der Waals surface area contributed by atoms with E-state index in [2.05, 4.69) is 32.3 Å². The van der Waals surface area contributed by atoms with Crippen LogP contribution < -0.4 is 5.32 Å². The maximum absolute atomic E-state index is 11.6. The molecule has 0 aliphatic carbocycles. The summed E-state index contributed by atoms with van der Waals surface area (Å²) in [5.41, 5.74) is 2.79. The molecule has 0 amide bonds. The second-order valence-corrected chi connectivity index (χ2v) is 7.27. The van der Waals surface area contributed by atoms with Crippen molar-refractivity contribution in [3.63, 3.8) is 0 Å². The third-order valence-electron chi connectivity index (χ3n) is 4.94. The lowest BCUT2D eigenvalue weighted by molar-refractivity contribution is -0.384. The van der Waals surface area contributed by atoms with E-state index in [9.17, 15) is 10.1 Å². The van der Waals surface area contributed by atoms with Crippen molar-refractivity contribution in [3.8, 4) is 0 Å². The topological polar surface area (TPSA) is 84.2 Å². The van der Waals surface area contributed by atoms with Crippen molar-refractivity contribution in [2.75, 3.05) is 18.4 Å². The predicted molar refractivity (Wildman–Crippen MR) is 109 cm³/mol. The van der Waals surface area contributed by atoms with Gasteiger partial charge in [-0.15, -0.1) is 0 Å². The van der Waals surface area contributed by atoms with Gasteiger partial charge in [0.25, 0.3) is 0 Å². The van der Waals surface area contributed by atoms with E-state index < -0.39 is 4.92 Å². The molecule has 144 valence electrons. The van der Waals surface area contributed by atoms with Gasteiger partial charge in [-0.1, -0.05) is 35.9 Å². The second-order valence-electron chi connectivity index (χ2n) is 6.91. The van der Waals surface area contributed by atoms with Gasteiger partial charge in [0.2, 0.25) is 5.15 Å². The largest absolute Gasteiger partial charge is 0.375 e. The minimum atomic E-state index is -0.506. The monoisotopic (exact) mass is 397 g/mol. The van der Waals surface area contributed by atoms with Crippen molar-refractivity contribution < 1.29 is 4.92 Å². The molecule has 0 unspecified atom stereocenters. The molecular weight excluding hydrogens is 378 g/mol. The van der Waals surface area contributed by atoms with Crippen LogP contribution in [0.4, 0.5) is 11.4 Å². The van der Waals surface area contributed by atoms with Gasteiger partial charge in [-0.05, 0) is 49.2 Å². The van der Waals surface area contributed by atoms with Crippen molar-refractivity contribution in [3.05, 3.63) is 69.0 Å².